The highest BCUT2D eigenvalue weighted by atomic mass is 32.2. The second-order valence-corrected chi connectivity index (χ2v) is 12.1. The van der Waals surface area contributed by atoms with Gasteiger partial charge >= 0.3 is 12.4 Å². The average molecular weight is 653 g/mol. The number of nitrogens with one attached hydrogen (secondary N) is 1. The van der Waals surface area contributed by atoms with E-state index >= 15 is 0 Å². The van der Waals surface area contributed by atoms with Crippen molar-refractivity contribution in [3.63, 3.8) is 0 Å². The maximum Gasteiger partial charge on any atom is 0.416 e. The van der Waals surface area contributed by atoms with Gasteiger partial charge in [-0.25, -0.2) is 22.8 Å². The molecule has 1 fully saturated rings. The first-order chi connectivity index (χ1) is 21.1. The van der Waals surface area contributed by atoms with Crippen LogP contribution >= 0.6 is 0 Å². The van der Waals surface area contributed by atoms with Gasteiger partial charge in [0.05, 0.1) is 34.0 Å². The van der Waals surface area contributed by atoms with Gasteiger partial charge in [-0.15, -0.1) is 0 Å². The zero-order chi connectivity index (χ0) is 32.6. The molecule has 0 unspecified atom stereocenters. The molecule has 1 saturated heterocycles. The van der Waals surface area contributed by atoms with Crippen LogP contribution < -0.4 is 5.32 Å². The van der Waals surface area contributed by atoms with Crippen LogP contribution in [0, 0.1) is 5.82 Å². The molecule has 1 atom stereocenters. The lowest BCUT2D eigenvalue weighted by atomic mass is 10.1. The normalized spacial score (nSPS) is 16.1. The molecule has 2 heterocycles. The van der Waals surface area contributed by atoms with E-state index in [9.17, 15) is 43.9 Å². The number of alkyl halides is 6. The number of nitrogens with zero attached hydrogens (tertiary/aromatic N) is 3. The molecule has 1 amide bonds. The Morgan fingerprint density at radius 3 is 1.93 bits per heavy atom. The fraction of sp³-hybridized carbons (Fsp3) is 0.233. The highest BCUT2D eigenvalue weighted by Gasteiger charge is 2.39. The summed E-state index contributed by atoms with van der Waals surface area (Å²) in [6.45, 7) is -0.203. The Kier molecular flexibility index (Phi) is 8.68. The summed E-state index contributed by atoms with van der Waals surface area (Å²) in [5, 5.41) is 2.63. The van der Waals surface area contributed by atoms with Gasteiger partial charge in [0, 0.05) is 17.7 Å². The predicted octanol–water partition coefficient (Wildman–Crippen LogP) is 6.46. The standard InChI is InChI=1S/C30H23F7N4O3S/c31-22-11-13-24(14-12-22)45(43,44)41-15-1-2-26(41)28(42)38-17-23-16-25(18-3-7-20(8-4-18)29(32,33)34)40-27(39-23)19-5-9-21(10-6-19)30(35,36)37/h3-14,16,26H,1-2,15,17H2,(H,38,42)/t26-/m0/s1. The first kappa shape index (κ1) is 32.0. The molecule has 0 spiro atoms. The lowest BCUT2D eigenvalue weighted by Gasteiger charge is -2.23. The Balaban J connectivity index is 1.42. The maximum atomic E-state index is 13.3. The van der Waals surface area contributed by atoms with E-state index in [0.29, 0.717) is 6.42 Å². The van der Waals surface area contributed by atoms with Crippen LogP contribution in [0.15, 0.2) is 83.8 Å². The van der Waals surface area contributed by atoms with E-state index in [1.54, 1.807) is 0 Å². The smallest absolute Gasteiger partial charge is 0.349 e. The molecular formula is C30H23F7N4O3S. The van der Waals surface area contributed by atoms with Crippen LogP contribution in [0.25, 0.3) is 22.6 Å². The Bertz CT molecular complexity index is 1720. The first-order valence-electron chi connectivity index (χ1n) is 13.4. The summed E-state index contributed by atoms with van der Waals surface area (Å²) in [7, 11) is -4.13. The zero-order valence-electron chi connectivity index (χ0n) is 23.0. The average Bonchev–Trinajstić information content (AvgIpc) is 3.51. The number of benzene rings is 3. The van der Waals surface area contributed by atoms with Gasteiger partial charge in [-0.3, -0.25) is 4.79 Å². The fourth-order valence-corrected chi connectivity index (χ4v) is 6.49. The van der Waals surface area contributed by atoms with Crippen LogP contribution in [-0.4, -0.2) is 41.2 Å². The largest absolute Gasteiger partial charge is 0.416 e. The molecule has 1 aromatic heterocycles. The van der Waals surface area contributed by atoms with Crippen LogP contribution in [0.1, 0.15) is 29.7 Å². The number of aromatic nitrogens is 2. The second-order valence-electron chi connectivity index (χ2n) is 10.2. The summed E-state index contributed by atoms with van der Waals surface area (Å²) in [6.07, 6.45) is -8.57. The van der Waals surface area contributed by atoms with Gasteiger partial charge in [-0.05, 0) is 67.4 Å². The van der Waals surface area contributed by atoms with Crippen molar-refractivity contribution >= 4 is 15.9 Å². The van der Waals surface area contributed by atoms with Crippen molar-refractivity contribution < 1.29 is 43.9 Å². The van der Waals surface area contributed by atoms with Crippen LogP contribution in [0.5, 0.6) is 0 Å². The Hall–Kier alpha value is -4.37. The monoisotopic (exact) mass is 652 g/mol. The summed E-state index contributed by atoms with van der Waals surface area (Å²) in [4.78, 5) is 21.7. The van der Waals surface area contributed by atoms with E-state index in [4.69, 9.17) is 0 Å². The number of hydrogen-bond donors (Lipinski definition) is 1. The van der Waals surface area contributed by atoms with Gasteiger partial charge in [0.1, 0.15) is 11.9 Å². The number of hydrogen-bond acceptors (Lipinski definition) is 5. The van der Waals surface area contributed by atoms with Crippen LogP contribution in [0.4, 0.5) is 30.7 Å². The zero-order valence-corrected chi connectivity index (χ0v) is 23.8. The van der Waals surface area contributed by atoms with Crippen molar-refractivity contribution in [1.82, 2.24) is 19.6 Å². The van der Waals surface area contributed by atoms with Crippen molar-refractivity contribution in [3.05, 3.63) is 102 Å². The van der Waals surface area contributed by atoms with Crippen LogP contribution in [-0.2, 0) is 33.7 Å². The van der Waals surface area contributed by atoms with Gasteiger partial charge in [-0.2, -0.15) is 30.6 Å². The molecule has 3 aromatic carbocycles. The number of amides is 1. The van der Waals surface area contributed by atoms with E-state index in [-0.39, 0.29) is 52.7 Å². The Morgan fingerprint density at radius 1 is 0.822 bits per heavy atom. The number of halogens is 7. The molecular weight excluding hydrogens is 629 g/mol. The predicted molar refractivity (Wildman–Crippen MR) is 148 cm³/mol. The summed E-state index contributed by atoms with van der Waals surface area (Å²) >= 11 is 0. The number of carbonyl (C=O) groups is 1. The lowest BCUT2D eigenvalue weighted by molar-refractivity contribution is -0.138. The number of carbonyl (C=O) groups excluding carboxylic acids is 1. The topological polar surface area (TPSA) is 92.3 Å². The lowest BCUT2D eigenvalue weighted by Crippen LogP contribution is -2.45. The minimum atomic E-state index is -4.59. The van der Waals surface area contributed by atoms with Crippen molar-refractivity contribution in [3.8, 4) is 22.6 Å². The molecule has 1 aliphatic rings. The molecule has 15 heteroatoms. The molecule has 1 N–H and O–H groups in total. The molecule has 0 radical (unpaired) electrons. The molecule has 1 aliphatic heterocycles. The van der Waals surface area contributed by atoms with E-state index < -0.39 is 51.3 Å². The van der Waals surface area contributed by atoms with Crippen molar-refractivity contribution in [2.45, 2.75) is 42.7 Å². The van der Waals surface area contributed by atoms with Gasteiger partial charge in [0.2, 0.25) is 15.9 Å². The second kappa shape index (κ2) is 12.2. The Morgan fingerprint density at radius 2 is 1.38 bits per heavy atom. The number of sulfonamides is 1. The third kappa shape index (κ3) is 7.14. The maximum absolute atomic E-state index is 13.3. The third-order valence-electron chi connectivity index (χ3n) is 7.13. The summed E-state index contributed by atoms with van der Waals surface area (Å²) in [5.41, 5.74) is -1.08. The van der Waals surface area contributed by atoms with Crippen molar-refractivity contribution in [2.75, 3.05) is 6.54 Å². The Labute approximate surface area is 252 Å². The van der Waals surface area contributed by atoms with Gasteiger partial charge < -0.3 is 5.32 Å². The van der Waals surface area contributed by atoms with E-state index in [1.165, 1.54) is 18.2 Å². The van der Waals surface area contributed by atoms with Gasteiger partial charge in [0.25, 0.3) is 0 Å². The summed E-state index contributed by atoms with van der Waals surface area (Å²) < 4.78 is 119. The molecule has 7 nitrogen and oxygen atoms in total. The highest BCUT2D eigenvalue weighted by molar-refractivity contribution is 7.89. The molecule has 4 aromatic rings. The quantitative estimate of drug-likeness (QED) is 0.232. The van der Waals surface area contributed by atoms with Crippen molar-refractivity contribution in [1.29, 1.82) is 0 Å². The number of rotatable bonds is 7. The first-order valence-corrected chi connectivity index (χ1v) is 14.9. The minimum absolute atomic E-state index is 0.0493. The summed E-state index contributed by atoms with van der Waals surface area (Å²) in [6, 6.07) is 12.6. The molecule has 5 rings (SSSR count). The third-order valence-corrected chi connectivity index (χ3v) is 9.05. The van der Waals surface area contributed by atoms with E-state index in [1.807, 2.05) is 0 Å². The molecule has 0 bridgehead atoms. The summed E-state index contributed by atoms with van der Waals surface area (Å²) in [5.74, 6) is -1.32. The van der Waals surface area contributed by atoms with E-state index in [2.05, 4.69) is 15.3 Å². The van der Waals surface area contributed by atoms with Crippen LogP contribution in [0.3, 0.4) is 0 Å². The van der Waals surface area contributed by atoms with Gasteiger partial charge in [0.15, 0.2) is 5.82 Å². The molecule has 0 aliphatic carbocycles. The fourth-order valence-electron chi connectivity index (χ4n) is 4.83. The van der Waals surface area contributed by atoms with E-state index in [0.717, 1.165) is 65.0 Å². The minimum Gasteiger partial charge on any atom is -0.349 e. The van der Waals surface area contributed by atoms with Gasteiger partial charge in [-0.1, -0.05) is 24.3 Å². The molecule has 45 heavy (non-hydrogen) atoms. The highest BCUT2D eigenvalue weighted by Crippen LogP contribution is 2.33. The van der Waals surface area contributed by atoms with Crippen LogP contribution in [0.2, 0.25) is 0 Å². The van der Waals surface area contributed by atoms with Crippen molar-refractivity contribution in [2.24, 2.45) is 0 Å². The molecule has 236 valence electrons. The SMILES string of the molecule is O=C(NCc1cc(-c2ccc(C(F)(F)F)cc2)nc(-c2ccc(C(F)(F)F)cc2)n1)[C@@H]1CCCN1S(=O)(=O)c1ccc(F)cc1. The molecule has 0 saturated carbocycles.